The van der Waals surface area contributed by atoms with Crippen LogP contribution in [0.4, 0.5) is 0 Å². The zero-order valence-electron chi connectivity index (χ0n) is 14.0. The maximum absolute atomic E-state index is 12.8. The number of H-pyrrole nitrogens is 1. The highest BCUT2D eigenvalue weighted by Gasteiger charge is 2.27. The molecule has 6 nitrogen and oxygen atoms in total. The molecule has 1 N–H and O–H groups in total. The minimum Gasteiger partial charge on any atom is -0.451 e. The number of nitrogens with zero attached hydrogens (tertiary/aromatic N) is 1. The molecule has 0 amide bonds. The number of aryl methyl sites for hydroxylation is 3. The van der Waals surface area contributed by atoms with E-state index in [1.54, 1.807) is 20.8 Å². The van der Waals surface area contributed by atoms with E-state index < -0.39 is 12.1 Å². The summed E-state index contributed by atoms with van der Waals surface area (Å²) in [6.45, 7) is 6.69. The number of aromatic amines is 1. The fourth-order valence-corrected chi connectivity index (χ4v) is 2.84. The standard InChI is InChI=1S/C18H18N2O4/c1-9-16(13-7-5-6-8-14(13)19-9)17(21)12(4)23-18(22)15-10(2)20-24-11(15)3/h5-8,12,19H,1-4H3/t12-/m0/s1. The molecule has 0 aliphatic rings. The average Bonchev–Trinajstić information content (AvgIpc) is 3.05. The lowest BCUT2D eigenvalue weighted by Gasteiger charge is -2.12. The normalized spacial score (nSPS) is 12.3. The molecule has 0 radical (unpaired) electrons. The third kappa shape index (κ3) is 2.60. The molecule has 0 saturated carbocycles. The number of carbonyl (C=O) groups is 2. The first-order valence-corrected chi connectivity index (χ1v) is 7.65. The van der Waals surface area contributed by atoms with Crippen LogP contribution in [-0.4, -0.2) is 28.0 Å². The lowest BCUT2D eigenvalue weighted by atomic mass is 10.0. The van der Waals surface area contributed by atoms with Gasteiger partial charge >= 0.3 is 5.97 Å². The number of Topliss-reactive ketones (excluding diaryl/α,β-unsaturated/α-hetero) is 1. The van der Waals surface area contributed by atoms with E-state index in [-0.39, 0.29) is 11.3 Å². The maximum atomic E-state index is 12.8. The van der Waals surface area contributed by atoms with Gasteiger partial charge in [0.1, 0.15) is 11.3 Å². The van der Waals surface area contributed by atoms with Crippen LogP contribution < -0.4 is 0 Å². The number of aromatic nitrogens is 2. The van der Waals surface area contributed by atoms with Crippen molar-refractivity contribution in [2.24, 2.45) is 0 Å². The highest BCUT2D eigenvalue weighted by atomic mass is 16.5. The van der Waals surface area contributed by atoms with Gasteiger partial charge < -0.3 is 14.2 Å². The Morgan fingerprint density at radius 3 is 2.54 bits per heavy atom. The van der Waals surface area contributed by atoms with E-state index in [1.807, 2.05) is 31.2 Å². The second kappa shape index (κ2) is 5.96. The Morgan fingerprint density at radius 2 is 1.88 bits per heavy atom. The van der Waals surface area contributed by atoms with Crippen LogP contribution in [0.15, 0.2) is 28.8 Å². The van der Waals surface area contributed by atoms with Crippen LogP contribution in [0.5, 0.6) is 0 Å². The van der Waals surface area contributed by atoms with Crippen molar-refractivity contribution in [1.82, 2.24) is 10.1 Å². The van der Waals surface area contributed by atoms with E-state index in [1.165, 1.54) is 0 Å². The summed E-state index contributed by atoms with van der Waals surface area (Å²) in [5, 5.41) is 4.55. The quantitative estimate of drug-likeness (QED) is 0.586. The average molecular weight is 326 g/mol. The molecule has 0 bridgehead atoms. The molecule has 24 heavy (non-hydrogen) atoms. The van der Waals surface area contributed by atoms with Gasteiger partial charge in [-0.15, -0.1) is 0 Å². The van der Waals surface area contributed by atoms with Crippen LogP contribution in [0, 0.1) is 20.8 Å². The molecule has 0 spiro atoms. The molecular weight excluding hydrogens is 308 g/mol. The number of ketones is 1. The van der Waals surface area contributed by atoms with Crippen LogP contribution in [-0.2, 0) is 4.74 Å². The van der Waals surface area contributed by atoms with E-state index in [0.29, 0.717) is 17.0 Å². The SMILES string of the molecule is Cc1noc(C)c1C(=O)O[C@@H](C)C(=O)c1c(C)[nH]c2ccccc12. The van der Waals surface area contributed by atoms with E-state index in [2.05, 4.69) is 10.1 Å². The van der Waals surface area contributed by atoms with Crippen molar-refractivity contribution in [3.05, 3.63) is 52.5 Å². The second-order valence-corrected chi connectivity index (χ2v) is 5.78. The predicted molar refractivity (Wildman–Crippen MR) is 88.2 cm³/mol. The maximum Gasteiger partial charge on any atom is 0.344 e. The van der Waals surface area contributed by atoms with Crippen LogP contribution in [0.1, 0.15) is 44.8 Å². The van der Waals surface area contributed by atoms with Gasteiger partial charge in [-0.25, -0.2) is 4.79 Å². The molecule has 6 heteroatoms. The van der Waals surface area contributed by atoms with Crippen LogP contribution in [0.3, 0.4) is 0 Å². The van der Waals surface area contributed by atoms with Gasteiger partial charge in [0.2, 0.25) is 5.78 Å². The van der Waals surface area contributed by atoms with Crippen molar-refractivity contribution < 1.29 is 18.8 Å². The number of nitrogens with one attached hydrogen (secondary N) is 1. The Morgan fingerprint density at radius 1 is 1.17 bits per heavy atom. The van der Waals surface area contributed by atoms with Crippen LogP contribution >= 0.6 is 0 Å². The number of ether oxygens (including phenoxy) is 1. The Balaban J connectivity index is 1.87. The molecule has 1 atom stereocenters. The summed E-state index contributed by atoms with van der Waals surface area (Å²) in [5.74, 6) is -0.477. The van der Waals surface area contributed by atoms with Gasteiger partial charge in [0.15, 0.2) is 6.10 Å². The Bertz CT molecular complexity index is 916. The first-order chi connectivity index (χ1) is 11.4. The minimum absolute atomic E-state index is 0.245. The third-order valence-corrected chi connectivity index (χ3v) is 4.03. The molecule has 1 aromatic carbocycles. The number of benzene rings is 1. The van der Waals surface area contributed by atoms with Gasteiger partial charge in [0.05, 0.1) is 5.69 Å². The first-order valence-electron chi connectivity index (χ1n) is 7.65. The van der Waals surface area contributed by atoms with Crippen LogP contribution in [0.25, 0.3) is 10.9 Å². The summed E-state index contributed by atoms with van der Waals surface area (Å²) in [5.41, 5.74) is 2.89. The smallest absolute Gasteiger partial charge is 0.344 e. The number of rotatable bonds is 4. The lowest BCUT2D eigenvalue weighted by Crippen LogP contribution is -2.25. The van der Waals surface area contributed by atoms with Crippen molar-refractivity contribution in [3.63, 3.8) is 0 Å². The van der Waals surface area contributed by atoms with Crippen molar-refractivity contribution in [2.75, 3.05) is 0 Å². The van der Waals surface area contributed by atoms with E-state index >= 15 is 0 Å². The topological polar surface area (TPSA) is 85.2 Å². The van der Waals surface area contributed by atoms with Gasteiger partial charge in [0, 0.05) is 22.2 Å². The summed E-state index contributed by atoms with van der Waals surface area (Å²) >= 11 is 0. The highest BCUT2D eigenvalue weighted by molar-refractivity contribution is 6.11. The molecule has 2 heterocycles. The fourth-order valence-electron chi connectivity index (χ4n) is 2.84. The Hall–Kier alpha value is -2.89. The molecule has 0 fully saturated rings. The monoisotopic (exact) mass is 326 g/mol. The molecule has 0 saturated heterocycles. The van der Waals surface area contributed by atoms with E-state index in [0.717, 1.165) is 16.6 Å². The van der Waals surface area contributed by atoms with E-state index in [4.69, 9.17) is 9.26 Å². The van der Waals surface area contributed by atoms with Crippen molar-refractivity contribution in [2.45, 2.75) is 33.8 Å². The Kier molecular flexibility index (Phi) is 3.97. The van der Waals surface area contributed by atoms with E-state index in [9.17, 15) is 9.59 Å². The fraction of sp³-hybridized carbons (Fsp3) is 0.278. The molecular formula is C18H18N2O4. The summed E-state index contributed by atoms with van der Waals surface area (Å²) in [6.07, 6.45) is -0.913. The zero-order chi connectivity index (χ0) is 17.4. The first kappa shape index (κ1) is 16.0. The number of hydrogen-bond donors (Lipinski definition) is 1. The summed E-state index contributed by atoms with van der Waals surface area (Å²) in [4.78, 5) is 28.3. The zero-order valence-corrected chi connectivity index (χ0v) is 14.0. The number of hydrogen-bond acceptors (Lipinski definition) is 5. The highest BCUT2D eigenvalue weighted by Crippen LogP contribution is 2.24. The van der Waals surface area contributed by atoms with Gasteiger partial charge in [-0.2, -0.15) is 0 Å². The van der Waals surface area contributed by atoms with Crippen molar-refractivity contribution in [3.8, 4) is 0 Å². The van der Waals surface area contributed by atoms with Gasteiger partial charge in [-0.1, -0.05) is 23.4 Å². The largest absolute Gasteiger partial charge is 0.451 e. The minimum atomic E-state index is -0.913. The summed E-state index contributed by atoms with van der Waals surface area (Å²) in [7, 11) is 0. The molecule has 2 aromatic heterocycles. The van der Waals surface area contributed by atoms with Gasteiger partial charge in [-0.3, -0.25) is 4.79 Å². The molecule has 3 rings (SSSR count). The number of para-hydroxylation sites is 1. The molecule has 3 aromatic rings. The van der Waals surface area contributed by atoms with Gasteiger partial charge in [-0.05, 0) is 33.8 Å². The number of fused-ring (bicyclic) bond motifs is 1. The molecule has 0 aliphatic carbocycles. The summed E-state index contributed by atoms with van der Waals surface area (Å²) < 4.78 is 10.3. The summed E-state index contributed by atoms with van der Waals surface area (Å²) in [6, 6.07) is 7.54. The Labute approximate surface area is 138 Å². The predicted octanol–water partition coefficient (Wildman–Crippen LogP) is 3.51. The number of esters is 1. The molecule has 0 aliphatic heterocycles. The van der Waals surface area contributed by atoms with Crippen molar-refractivity contribution >= 4 is 22.7 Å². The molecule has 124 valence electrons. The van der Waals surface area contributed by atoms with Crippen molar-refractivity contribution in [1.29, 1.82) is 0 Å². The van der Waals surface area contributed by atoms with Crippen LogP contribution in [0.2, 0.25) is 0 Å². The number of carbonyl (C=O) groups excluding carboxylic acids is 2. The molecule has 0 unspecified atom stereocenters. The second-order valence-electron chi connectivity index (χ2n) is 5.78. The lowest BCUT2D eigenvalue weighted by molar-refractivity contribution is 0.0316. The third-order valence-electron chi connectivity index (χ3n) is 4.03. The van der Waals surface area contributed by atoms with Gasteiger partial charge in [0.25, 0.3) is 0 Å².